The summed E-state index contributed by atoms with van der Waals surface area (Å²) in [5.74, 6) is -0.472. The molecule has 2 aromatic rings. The summed E-state index contributed by atoms with van der Waals surface area (Å²) in [7, 11) is 0. The Morgan fingerprint density at radius 3 is 2.84 bits per heavy atom. The molecular formula is C13H12FN3OS. The molecular weight excluding hydrogens is 265 g/mol. The number of aryl methyl sites for hydroxylation is 1. The van der Waals surface area contributed by atoms with Crippen LogP contribution in [0.4, 0.5) is 4.39 Å². The molecule has 0 aliphatic heterocycles. The fourth-order valence-corrected chi connectivity index (χ4v) is 1.83. The lowest BCUT2D eigenvalue weighted by Crippen LogP contribution is -2.23. The Morgan fingerprint density at radius 2 is 2.21 bits per heavy atom. The predicted octanol–water partition coefficient (Wildman–Crippen LogP) is 1.37. The Labute approximate surface area is 114 Å². The van der Waals surface area contributed by atoms with Crippen molar-refractivity contribution in [3.63, 3.8) is 0 Å². The van der Waals surface area contributed by atoms with Crippen LogP contribution in [-0.2, 0) is 6.54 Å². The smallest absolute Gasteiger partial charge is 0.267 e. The molecule has 0 unspecified atom stereocenters. The van der Waals surface area contributed by atoms with Gasteiger partial charge in [-0.25, -0.2) is 9.07 Å². The molecule has 0 amide bonds. The zero-order valence-corrected chi connectivity index (χ0v) is 11.1. The van der Waals surface area contributed by atoms with Gasteiger partial charge in [-0.05, 0) is 30.2 Å². The monoisotopic (exact) mass is 277 g/mol. The van der Waals surface area contributed by atoms with Crippen LogP contribution in [0.25, 0.3) is 0 Å². The van der Waals surface area contributed by atoms with Gasteiger partial charge in [0, 0.05) is 11.6 Å². The number of thiocarbonyl (C=S) groups is 1. The minimum atomic E-state index is -0.472. The van der Waals surface area contributed by atoms with Gasteiger partial charge >= 0.3 is 0 Å². The van der Waals surface area contributed by atoms with Gasteiger partial charge < -0.3 is 5.73 Å². The lowest BCUT2D eigenvalue weighted by atomic mass is 10.1. The van der Waals surface area contributed by atoms with Gasteiger partial charge in [-0.1, -0.05) is 18.3 Å². The molecule has 0 atom stereocenters. The Morgan fingerprint density at radius 1 is 1.47 bits per heavy atom. The molecule has 98 valence electrons. The number of hydrogen-bond acceptors (Lipinski definition) is 3. The fraction of sp³-hybridized carbons (Fsp3) is 0.154. The molecule has 6 heteroatoms. The van der Waals surface area contributed by atoms with E-state index in [1.807, 2.05) is 0 Å². The van der Waals surface area contributed by atoms with Gasteiger partial charge in [0.1, 0.15) is 10.8 Å². The standard InChI is InChI=1S/C13H12FN3OS/c1-8-4-12(18)17(16-6-8)7-9-2-3-11(14)10(5-9)13(15)19/h2-6H,7H2,1H3,(H2,15,19). The first-order valence-corrected chi connectivity index (χ1v) is 6.00. The van der Waals surface area contributed by atoms with Gasteiger partial charge in [-0.3, -0.25) is 4.79 Å². The second-order valence-electron chi connectivity index (χ2n) is 4.21. The molecule has 0 fully saturated rings. The molecule has 0 saturated heterocycles. The van der Waals surface area contributed by atoms with E-state index in [1.165, 1.54) is 22.9 Å². The second kappa shape index (κ2) is 5.27. The van der Waals surface area contributed by atoms with E-state index in [-0.39, 0.29) is 22.7 Å². The first kappa shape index (κ1) is 13.4. The van der Waals surface area contributed by atoms with Crippen molar-refractivity contribution in [3.8, 4) is 0 Å². The molecule has 19 heavy (non-hydrogen) atoms. The van der Waals surface area contributed by atoms with E-state index < -0.39 is 5.82 Å². The van der Waals surface area contributed by atoms with Crippen molar-refractivity contribution in [2.75, 3.05) is 0 Å². The van der Waals surface area contributed by atoms with Crippen LogP contribution in [-0.4, -0.2) is 14.8 Å². The summed E-state index contributed by atoms with van der Waals surface area (Å²) in [5.41, 5.74) is 6.91. The predicted molar refractivity (Wildman–Crippen MR) is 74.6 cm³/mol. The minimum absolute atomic E-state index is 0.0106. The summed E-state index contributed by atoms with van der Waals surface area (Å²) in [6.45, 7) is 2.04. The van der Waals surface area contributed by atoms with Crippen LogP contribution in [0.1, 0.15) is 16.7 Å². The highest BCUT2D eigenvalue weighted by Crippen LogP contribution is 2.11. The maximum atomic E-state index is 13.4. The molecule has 0 spiro atoms. The van der Waals surface area contributed by atoms with Crippen LogP contribution in [0.2, 0.25) is 0 Å². The average molecular weight is 277 g/mol. The van der Waals surface area contributed by atoms with Crippen LogP contribution in [0.15, 0.2) is 35.3 Å². The van der Waals surface area contributed by atoms with E-state index in [9.17, 15) is 9.18 Å². The number of rotatable bonds is 3. The molecule has 0 radical (unpaired) electrons. The van der Waals surface area contributed by atoms with Gasteiger partial charge in [0.2, 0.25) is 0 Å². The van der Waals surface area contributed by atoms with Crippen molar-refractivity contribution >= 4 is 17.2 Å². The van der Waals surface area contributed by atoms with E-state index in [0.717, 1.165) is 5.56 Å². The van der Waals surface area contributed by atoms with Gasteiger partial charge in [-0.15, -0.1) is 0 Å². The molecule has 1 aromatic carbocycles. The second-order valence-corrected chi connectivity index (χ2v) is 4.65. The third kappa shape index (κ3) is 3.03. The van der Waals surface area contributed by atoms with E-state index in [1.54, 1.807) is 19.2 Å². The quantitative estimate of drug-likeness (QED) is 0.861. The highest BCUT2D eigenvalue weighted by molar-refractivity contribution is 7.80. The van der Waals surface area contributed by atoms with Crippen LogP contribution in [0, 0.1) is 12.7 Å². The Balaban J connectivity index is 2.36. The molecule has 1 aromatic heterocycles. The van der Waals surface area contributed by atoms with Crippen LogP contribution in [0.5, 0.6) is 0 Å². The minimum Gasteiger partial charge on any atom is -0.389 e. The van der Waals surface area contributed by atoms with Crippen molar-refractivity contribution in [1.82, 2.24) is 9.78 Å². The Kier molecular flexibility index (Phi) is 3.71. The van der Waals surface area contributed by atoms with Crippen molar-refractivity contribution in [1.29, 1.82) is 0 Å². The maximum absolute atomic E-state index is 13.4. The lowest BCUT2D eigenvalue weighted by molar-refractivity contribution is 0.616. The first-order valence-electron chi connectivity index (χ1n) is 5.59. The van der Waals surface area contributed by atoms with Crippen molar-refractivity contribution in [2.45, 2.75) is 13.5 Å². The summed E-state index contributed by atoms with van der Waals surface area (Å²) in [5, 5.41) is 4.02. The zero-order chi connectivity index (χ0) is 14.0. The number of halogens is 1. The van der Waals surface area contributed by atoms with E-state index in [4.69, 9.17) is 18.0 Å². The average Bonchev–Trinajstić information content (AvgIpc) is 2.34. The van der Waals surface area contributed by atoms with Gasteiger partial charge in [0.25, 0.3) is 5.56 Å². The Bertz CT molecular complexity index is 697. The van der Waals surface area contributed by atoms with Crippen LogP contribution in [0.3, 0.4) is 0 Å². The van der Waals surface area contributed by atoms with Crippen molar-refractivity contribution < 1.29 is 4.39 Å². The van der Waals surface area contributed by atoms with Gasteiger partial charge in [0.15, 0.2) is 0 Å². The molecule has 4 nitrogen and oxygen atoms in total. The highest BCUT2D eigenvalue weighted by Gasteiger charge is 2.07. The third-order valence-corrected chi connectivity index (χ3v) is 2.85. The molecule has 1 heterocycles. The number of benzene rings is 1. The third-order valence-electron chi connectivity index (χ3n) is 2.63. The molecule has 2 rings (SSSR count). The van der Waals surface area contributed by atoms with Crippen molar-refractivity contribution in [3.05, 3.63) is 63.3 Å². The maximum Gasteiger partial charge on any atom is 0.267 e. The van der Waals surface area contributed by atoms with Gasteiger partial charge in [0.05, 0.1) is 12.7 Å². The number of hydrogen-bond donors (Lipinski definition) is 1. The van der Waals surface area contributed by atoms with E-state index in [0.29, 0.717) is 5.56 Å². The fourth-order valence-electron chi connectivity index (χ4n) is 1.68. The number of nitrogens with two attached hydrogens (primary N) is 1. The highest BCUT2D eigenvalue weighted by atomic mass is 32.1. The largest absolute Gasteiger partial charge is 0.389 e. The summed E-state index contributed by atoms with van der Waals surface area (Å²) in [6, 6.07) is 5.88. The molecule has 2 N–H and O–H groups in total. The summed E-state index contributed by atoms with van der Waals surface area (Å²) < 4.78 is 14.7. The van der Waals surface area contributed by atoms with E-state index in [2.05, 4.69) is 5.10 Å². The number of nitrogens with zero attached hydrogens (tertiary/aromatic N) is 2. The van der Waals surface area contributed by atoms with E-state index >= 15 is 0 Å². The first-order chi connectivity index (χ1) is 8.97. The molecule has 0 bridgehead atoms. The van der Waals surface area contributed by atoms with Crippen LogP contribution >= 0.6 is 12.2 Å². The number of aromatic nitrogens is 2. The summed E-state index contributed by atoms with van der Waals surface area (Å²) in [6.07, 6.45) is 1.60. The topological polar surface area (TPSA) is 60.9 Å². The van der Waals surface area contributed by atoms with Crippen LogP contribution < -0.4 is 11.3 Å². The zero-order valence-electron chi connectivity index (χ0n) is 10.3. The summed E-state index contributed by atoms with van der Waals surface area (Å²) in [4.78, 5) is 11.7. The molecule has 0 aliphatic carbocycles. The Hall–Kier alpha value is -2.08. The summed E-state index contributed by atoms with van der Waals surface area (Å²) >= 11 is 4.77. The normalized spacial score (nSPS) is 10.4. The lowest BCUT2D eigenvalue weighted by Gasteiger charge is -2.07. The van der Waals surface area contributed by atoms with Crippen molar-refractivity contribution in [2.24, 2.45) is 5.73 Å². The molecule has 0 aliphatic rings. The molecule has 0 saturated carbocycles. The SMILES string of the molecule is Cc1cnn(Cc2ccc(F)c(C(N)=S)c2)c(=O)c1. The van der Waals surface area contributed by atoms with Gasteiger partial charge in [-0.2, -0.15) is 5.10 Å².